The summed E-state index contributed by atoms with van der Waals surface area (Å²) in [7, 11) is 0. The highest BCUT2D eigenvalue weighted by Crippen LogP contribution is 2.18. The molecular weight excluding hydrogens is 194 g/mol. The van der Waals surface area contributed by atoms with Gasteiger partial charge in [0.25, 0.3) is 0 Å². The molecule has 0 aromatic heterocycles. The number of aliphatic hydroxyl groups excluding tert-OH is 2. The van der Waals surface area contributed by atoms with Gasteiger partial charge in [0, 0.05) is 18.8 Å². The molecule has 0 saturated heterocycles. The predicted molar refractivity (Wildman–Crippen MR) is 57.0 cm³/mol. The molecule has 0 aliphatic carbocycles. The van der Waals surface area contributed by atoms with E-state index in [1.54, 1.807) is 24.3 Å². The van der Waals surface area contributed by atoms with Crippen LogP contribution in [0.2, 0.25) is 0 Å². The fourth-order valence-electron chi connectivity index (χ4n) is 1.34. The summed E-state index contributed by atoms with van der Waals surface area (Å²) in [6.07, 6.45) is 0. The summed E-state index contributed by atoms with van der Waals surface area (Å²) in [5, 5.41) is 20.7. The molecule has 15 heavy (non-hydrogen) atoms. The Bertz CT molecular complexity index is 294. The summed E-state index contributed by atoms with van der Waals surface area (Å²) in [4.78, 5) is 1.85. The minimum absolute atomic E-state index is 0.0339. The van der Waals surface area contributed by atoms with Gasteiger partial charge in [0.2, 0.25) is 0 Å². The predicted octanol–water partition coefficient (Wildman–Crippen LogP) is 0.361. The van der Waals surface area contributed by atoms with Crippen LogP contribution in [0.3, 0.4) is 0 Å². The SMILES string of the molecule is [N]=Nc1ccc(N(CCO)CCO)cc1. The summed E-state index contributed by atoms with van der Waals surface area (Å²) in [5.74, 6) is 0. The highest BCUT2D eigenvalue weighted by Gasteiger charge is 2.04. The van der Waals surface area contributed by atoms with Crippen LogP contribution in [-0.4, -0.2) is 36.5 Å². The van der Waals surface area contributed by atoms with Gasteiger partial charge in [-0.3, -0.25) is 0 Å². The standard InChI is InChI=1S/C10H14N3O2/c11-12-9-1-3-10(4-2-9)13(5-7-14)6-8-15/h1-4,14-15H,5-8H2. The summed E-state index contributed by atoms with van der Waals surface area (Å²) < 4.78 is 0. The van der Waals surface area contributed by atoms with Gasteiger partial charge in [0.1, 0.15) is 0 Å². The molecule has 0 fully saturated rings. The number of nitrogens with zero attached hydrogens (tertiary/aromatic N) is 3. The largest absolute Gasteiger partial charge is 0.395 e. The molecule has 0 spiro atoms. The lowest BCUT2D eigenvalue weighted by atomic mass is 10.2. The zero-order valence-electron chi connectivity index (χ0n) is 8.37. The maximum atomic E-state index is 8.84. The molecule has 0 saturated carbocycles. The summed E-state index contributed by atoms with van der Waals surface area (Å²) in [6, 6.07) is 6.88. The van der Waals surface area contributed by atoms with Gasteiger partial charge < -0.3 is 15.1 Å². The molecule has 5 nitrogen and oxygen atoms in total. The molecule has 81 valence electrons. The number of benzene rings is 1. The molecule has 0 atom stereocenters. The molecular formula is C10H14N3O2. The minimum Gasteiger partial charge on any atom is -0.395 e. The van der Waals surface area contributed by atoms with Crippen molar-refractivity contribution in [2.45, 2.75) is 0 Å². The van der Waals surface area contributed by atoms with Gasteiger partial charge >= 0.3 is 0 Å². The highest BCUT2D eigenvalue weighted by molar-refractivity contribution is 5.52. The fraction of sp³-hybridized carbons (Fsp3) is 0.400. The lowest BCUT2D eigenvalue weighted by Gasteiger charge is -2.22. The van der Waals surface area contributed by atoms with Crippen molar-refractivity contribution in [3.8, 4) is 0 Å². The van der Waals surface area contributed by atoms with Crippen LogP contribution in [0.1, 0.15) is 0 Å². The molecule has 0 bridgehead atoms. The van der Waals surface area contributed by atoms with Gasteiger partial charge in [-0.2, -0.15) is 0 Å². The molecule has 0 aliphatic heterocycles. The highest BCUT2D eigenvalue weighted by atomic mass is 16.3. The quantitative estimate of drug-likeness (QED) is 0.662. The van der Waals surface area contributed by atoms with Crippen LogP contribution in [0.15, 0.2) is 29.4 Å². The molecule has 0 aliphatic rings. The topological polar surface area (TPSA) is 78.4 Å². The first-order valence-corrected chi connectivity index (χ1v) is 4.73. The van der Waals surface area contributed by atoms with Crippen molar-refractivity contribution in [2.75, 3.05) is 31.2 Å². The van der Waals surface area contributed by atoms with Gasteiger partial charge in [-0.05, 0) is 29.8 Å². The fourth-order valence-corrected chi connectivity index (χ4v) is 1.34. The summed E-state index contributed by atoms with van der Waals surface area (Å²) in [5.41, 5.74) is 9.86. The van der Waals surface area contributed by atoms with Gasteiger partial charge in [-0.25, -0.2) is 0 Å². The Morgan fingerprint density at radius 1 is 1.07 bits per heavy atom. The maximum absolute atomic E-state index is 8.84. The lowest BCUT2D eigenvalue weighted by molar-refractivity contribution is 0.281. The smallest absolute Gasteiger partial charge is 0.0877 e. The number of anilines is 1. The van der Waals surface area contributed by atoms with E-state index in [-0.39, 0.29) is 13.2 Å². The van der Waals surface area contributed by atoms with Crippen LogP contribution < -0.4 is 10.4 Å². The van der Waals surface area contributed by atoms with Crippen molar-refractivity contribution in [1.29, 1.82) is 0 Å². The van der Waals surface area contributed by atoms with Crippen molar-refractivity contribution in [1.82, 2.24) is 5.53 Å². The van der Waals surface area contributed by atoms with Crippen LogP contribution >= 0.6 is 0 Å². The molecule has 0 heterocycles. The first-order valence-electron chi connectivity index (χ1n) is 4.73. The third-order valence-corrected chi connectivity index (χ3v) is 2.07. The minimum atomic E-state index is 0.0339. The van der Waals surface area contributed by atoms with Crippen LogP contribution in [0, 0.1) is 0 Å². The van der Waals surface area contributed by atoms with E-state index in [1.807, 2.05) is 4.90 Å². The Hall–Kier alpha value is -1.46. The number of hydrogen-bond acceptors (Lipinski definition) is 4. The van der Waals surface area contributed by atoms with Gasteiger partial charge in [0.15, 0.2) is 0 Å². The Balaban J connectivity index is 2.76. The van der Waals surface area contributed by atoms with Crippen molar-refractivity contribution in [3.05, 3.63) is 24.3 Å². The van der Waals surface area contributed by atoms with E-state index in [9.17, 15) is 0 Å². The van der Waals surface area contributed by atoms with Gasteiger partial charge in [-0.1, -0.05) is 0 Å². The van der Waals surface area contributed by atoms with E-state index in [2.05, 4.69) is 5.11 Å². The van der Waals surface area contributed by atoms with E-state index < -0.39 is 0 Å². The monoisotopic (exact) mass is 208 g/mol. The van der Waals surface area contributed by atoms with E-state index in [4.69, 9.17) is 15.7 Å². The first kappa shape index (κ1) is 11.6. The third kappa shape index (κ3) is 3.30. The van der Waals surface area contributed by atoms with Crippen molar-refractivity contribution in [2.24, 2.45) is 5.11 Å². The Labute approximate surface area is 88.5 Å². The number of hydrogen-bond donors (Lipinski definition) is 2. The van der Waals surface area contributed by atoms with Gasteiger partial charge in [0.05, 0.1) is 18.9 Å². The van der Waals surface area contributed by atoms with Crippen LogP contribution in [0.5, 0.6) is 0 Å². The molecule has 1 aromatic rings. The zero-order valence-corrected chi connectivity index (χ0v) is 8.37. The van der Waals surface area contributed by atoms with Crippen molar-refractivity contribution in [3.63, 3.8) is 0 Å². The van der Waals surface area contributed by atoms with E-state index in [0.717, 1.165) is 5.69 Å². The molecule has 2 N–H and O–H groups in total. The first-order chi connectivity index (χ1) is 7.31. The third-order valence-electron chi connectivity index (χ3n) is 2.07. The van der Waals surface area contributed by atoms with Crippen LogP contribution in [0.25, 0.3) is 0 Å². The summed E-state index contributed by atoms with van der Waals surface area (Å²) >= 11 is 0. The Kier molecular flexibility index (Phi) is 4.73. The molecule has 1 radical (unpaired) electrons. The maximum Gasteiger partial charge on any atom is 0.0877 e. The normalized spacial score (nSPS) is 10.0. The van der Waals surface area contributed by atoms with E-state index >= 15 is 0 Å². The second-order valence-electron chi connectivity index (χ2n) is 3.05. The van der Waals surface area contributed by atoms with Crippen LogP contribution in [0.4, 0.5) is 11.4 Å². The molecule has 5 heteroatoms. The number of aliphatic hydroxyl groups is 2. The number of rotatable bonds is 6. The van der Waals surface area contributed by atoms with E-state index in [1.165, 1.54) is 0 Å². The van der Waals surface area contributed by atoms with E-state index in [0.29, 0.717) is 18.8 Å². The molecule has 0 amide bonds. The van der Waals surface area contributed by atoms with Crippen LogP contribution in [-0.2, 0) is 0 Å². The zero-order chi connectivity index (χ0) is 11.1. The molecule has 1 rings (SSSR count). The Morgan fingerprint density at radius 3 is 2.00 bits per heavy atom. The Morgan fingerprint density at radius 2 is 1.60 bits per heavy atom. The second kappa shape index (κ2) is 6.10. The average molecular weight is 208 g/mol. The van der Waals surface area contributed by atoms with Gasteiger partial charge in [-0.15, -0.1) is 5.11 Å². The average Bonchev–Trinajstić information content (AvgIpc) is 2.29. The van der Waals surface area contributed by atoms with Crippen molar-refractivity contribution >= 4 is 11.4 Å². The lowest BCUT2D eigenvalue weighted by Crippen LogP contribution is -2.29. The van der Waals surface area contributed by atoms with Crippen molar-refractivity contribution < 1.29 is 10.2 Å². The molecule has 1 aromatic carbocycles. The second-order valence-corrected chi connectivity index (χ2v) is 3.05. The molecule has 0 unspecified atom stereocenters. The summed E-state index contributed by atoms with van der Waals surface area (Å²) in [6.45, 7) is 1.00.